The molecular weight excluding hydrogens is 290 g/mol. The van der Waals surface area contributed by atoms with E-state index in [-0.39, 0.29) is 12.2 Å². The Morgan fingerprint density at radius 1 is 1.13 bits per heavy atom. The SMILES string of the molecule is C[C@H]1CN(c2ncnc3c2cnn3C)C[C@H](c2ccccc2)O1. The summed E-state index contributed by atoms with van der Waals surface area (Å²) in [6, 6.07) is 10.3. The molecule has 2 atom stereocenters. The molecule has 6 heteroatoms. The monoisotopic (exact) mass is 309 g/mol. The van der Waals surface area contributed by atoms with E-state index in [1.807, 2.05) is 31.4 Å². The van der Waals surface area contributed by atoms with Crippen molar-refractivity contribution < 1.29 is 4.74 Å². The predicted octanol–water partition coefficient (Wildman–Crippen LogP) is 2.33. The second kappa shape index (κ2) is 5.62. The van der Waals surface area contributed by atoms with Crippen LogP contribution in [0.5, 0.6) is 0 Å². The van der Waals surface area contributed by atoms with Gasteiger partial charge in [-0.05, 0) is 12.5 Å². The summed E-state index contributed by atoms with van der Waals surface area (Å²) < 4.78 is 7.91. The van der Waals surface area contributed by atoms with Crippen molar-refractivity contribution in [1.82, 2.24) is 19.7 Å². The Morgan fingerprint density at radius 3 is 2.78 bits per heavy atom. The molecule has 0 spiro atoms. The first-order valence-electron chi connectivity index (χ1n) is 7.80. The summed E-state index contributed by atoms with van der Waals surface area (Å²) in [4.78, 5) is 11.1. The summed E-state index contributed by atoms with van der Waals surface area (Å²) in [5, 5.41) is 5.29. The topological polar surface area (TPSA) is 56.1 Å². The summed E-state index contributed by atoms with van der Waals surface area (Å²) in [6.07, 6.45) is 3.62. The molecular formula is C17H19N5O. The van der Waals surface area contributed by atoms with Crippen LogP contribution in [0, 0.1) is 0 Å². The van der Waals surface area contributed by atoms with Crippen molar-refractivity contribution in [3.63, 3.8) is 0 Å². The summed E-state index contributed by atoms with van der Waals surface area (Å²) >= 11 is 0. The fourth-order valence-electron chi connectivity index (χ4n) is 3.18. The molecule has 0 N–H and O–H groups in total. The Morgan fingerprint density at radius 2 is 1.96 bits per heavy atom. The summed E-state index contributed by atoms with van der Waals surface area (Å²) in [5.41, 5.74) is 2.05. The van der Waals surface area contributed by atoms with Crippen molar-refractivity contribution >= 4 is 16.9 Å². The summed E-state index contributed by atoms with van der Waals surface area (Å²) in [7, 11) is 1.90. The maximum absolute atomic E-state index is 6.14. The number of aryl methyl sites for hydroxylation is 1. The lowest BCUT2D eigenvalue weighted by molar-refractivity contribution is -0.0175. The number of ether oxygens (including phenoxy) is 1. The van der Waals surface area contributed by atoms with Gasteiger partial charge in [-0.25, -0.2) is 9.97 Å². The van der Waals surface area contributed by atoms with Gasteiger partial charge in [-0.3, -0.25) is 4.68 Å². The van der Waals surface area contributed by atoms with Crippen LogP contribution in [0.3, 0.4) is 0 Å². The van der Waals surface area contributed by atoms with Crippen LogP contribution in [0.15, 0.2) is 42.9 Å². The predicted molar refractivity (Wildman–Crippen MR) is 88.2 cm³/mol. The lowest BCUT2D eigenvalue weighted by Gasteiger charge is -2.37. The van der Waals surface area contributed by atoms with Crippen LogP contribution >= 0.6 is 0 Å². The van der Waals surface area contributed by atoms with E-state index in [1.54, 1.807) is 11.0 Å². The molecule has 0 bridgehead atoms. The van der Waals surface area contributed by atoms with Gasteiger partial charge in [0.1, 0.15) is 18.2 Å². The molecule has 1 aliphatic rings. The molecule has 3 heterocycles. The van der Waals surface area contributed by atoms with Gasteiger partial charge < -0.3 is 9.64 Å². The molecule has 1 fully saturated rings. The molecule has 0 aliphatic carbocycles. The van der Waals surface area contributed by atoms with Crippen LogP contribution < -0.4 is 4.90 Å². The molecule has 0 amide bonds. The Bertz CT molecular complexity index is 816. The number of fused-ring (bicyclic) bond motifs is 1. The quantitative estimate of drug-likeness (QED) is 0.727. The minimum atomic E-state index is 0.0432. The molecule has 2 aromatic heterocycles. The van der Waals surface area contributed by atoms with Crippen LogP contribution in [0.4, 0.5) is 5.82 Å². The Kier molecular flexibility index (Phi) is 3.46. The van der Waals surface area contributed by atoms with E-state index >= 15 is 0 Å². The van der Waals surface area contributed by atoms with Gasteiger partial charge in [0.15, 0.2) is 5.65 Å². The van der Waals surface area contributed by atoms with Crippen LogP contribution in [0.1, 0.15) is 18.6 Å². The highest BCUT2D eigenvalue weighted by Gasteiger charge is 2.28. The lowest BCUT2D eigenvalue weighted by Crippen LogP contribution is -2.43. The first-order chi connectivity index (χ1) is 11.2. The highest BCUT2D eigenvalue weighted by Crippen LogP contribution is 2.30. The fraction of sp³-hybridized carbons (Fsp3) is 0.353. The van der Waals surface area contributed by atoms with Gasteiger partial charge in [0, 0.05) is 20.1 Å². The zero-order valence-corrected chi connectivity index (χ0v) is 13.3. The molecule has 23 heavy (non-hydrogen) atoms. The van der Waals surface area contributed by atoms with Crippen LogP contribution in [0.2, 0.25) is 0 Å². The molecule has 4 rings (SSSR count). The molecule has 1 aliphatic heterocycles. The average Bonchev–Trinajstić information content (AvgIpc) is 2.96. The Labute approximate surface area is 134 Å². The number of morpholine rings is 1. The molecule has 1 saturated heterocycles. The number of anilines is 1. The van der Waals surface area contributed by atoms with E-state index < -0.39 is 0 Å². The average molecular weight is 309 g/mol. The van der Waals surface area contributed by atoms with Crippen molar-refractivity contribution in [3.05, 3.63) is 48.4 Å². The maximum atomic E-state index is 6.14. The minimum Gasteiger partial charge on any atom is -0.367 e. The molecule has 0 unspecified atom stereocenters. The normalized spacial score (nSPS) is 21.7. The largest absolute Gasteiger partial charge is 0.367 e. The number of aromatic nitrogens is 4. The number of benzene rings is 1. The third-order valence-corrected chi connectivity index (χ3v) is 4.24. The van der Waals surface area contributed by atoms with Gasteiger partial charge in [0.05, 0.1) is 17.7 Å². The van der Waals surface area contributed by atoms with Crippen LogP contribution in [0.25, 0.3) is 11.0 Å². The van der Waals surface area contributed by atoms with Gasteiger partial charge in [0.2, 0.25) is 0 Å². The van der Waals surface area contributed by atoms with Gasteiger partial charge in [0.25, 0.3) is 0 Å². The molecule has 0 saturated carbocycles. The third kappa shape index (κ3) is 2.55. The second-order valence-electron chi connectivity index (χ2n) is 5.95. The van der Waals surface area contributed by atoms with Crippen LogP contribution in [-0.2, 0) is 11.8 Å². The molecule has 6 nitrogen and oxygen atoms in total. The highest BCUT2D eigenvalue weighted by atomic mass is 16.5. The fourth-order valence-corrected chi connectivity index (χ4v) is 3.18. The van der Waals surface area contributed by atoms with Gasteiger partial charge in [-0.2, -0.15) is 5.10 Å². The van der Waals surface area contributed by atoms with Crippen molar-refractivity contribution in [3.8, 4) is 0 Å². The zero-order valence-electron chi connectivity index (χ0n) is 13.3. The molecule has 118 valence electrons. The zero-order chi connectivity index (χ0) is 15.8. The maximum Gasteiger partial charge on any atom is 0.163 e. The molecule has 0 radical (unpaired) electrons. The molecule has 3 aromatic rings. The van der Waals surface area contributed by atoms with Crippen molar-refractivity contribution in [1.29, 1.82) is 0 Å². The van der Waals surface area contributed by atoms with Gasteiger partial charge in [-0.15, -0.1) is 0 Å². The van der Waals surface area contributed by atoms with Gasteiger partial charge in [-0.1, -0.05) is 30.3 Å². The first kappa shape index (κ1) is 14.1. The third-order valence-electron chi connectivity index (χ3n) is 4.24. The van der Waals surface area contributed by atoms with E-state index in [2.05, 4.69) is 39.0 Å². The highest BCUT2D eigenvalue weighted by molar-refractivity contribution is 5.86. The minimum absolute atomic E-state index is 0.0432. The van der Waals surface area contributed by atoms with E-state index in [0.29, 0.717) is 0 Å². The second-order valence-corrected chi connectivity index (χ2v) is 5.95. The molecule has 1 aromatic carbocycles. The number of hydrogen-bond acceptors (Lipinski definition) is 5. The van der Waals surface area contributed by atoms with Crippen LogP contribution in [-0.4, -0.2) is 38.9 Å². The number of rotatable bonds is 2. The first-order valence-corrected chi connectivity index (χ1v) is 7.80. The van der Waals surface area contributed by atoms with Crippen molar-refractivity contribution in [2.45, 2.75) is 19.1 Å². The van der Waals surface area contributed by atoms with Crippen molar-refractivity contribution in [2.75, 3.05) is 18.0 Å². The lowest BCUT2D eigenvalue weighted by atomic mass is 10.1. The number of nitrogens with zero attached hydrogens (tertiary/aromatic N) is 5. The van der Waals surface area contributed by atoms with Crippen molar-refractivity contribution in [2.24, 2.45) is 7.05 Å². The number of hydrogen-bond donors (Lipinski definition) is 0. The van der Waals surface area contributed by atoms with E-state index in [1.165, 1.54) is 5.56 Å². The summed E-state index contributed by atoms with van der Waals surface area (Å²) in [5.74, 6) is 0.930. The van der Waals surface area contributed by atoms with E-state index in [0.717, 1.165) is 29.9 Å². The van der Waals surface area contributed by atoms with E-state index in [9.17, 15) is 0 Å². The smallest absolute Gasteiger partial charge is 0.163 e. The standard InChI is InChI=1S/C17H19N5O/c1-12-9-22(10-15(23-12)13-6-4-3-5-7-13)17-14-8-20-21(2)16(14)18-11-19-17/h3-8,11-12,15H,9-10H2,1-2H3/t12-,15+/m0/s1. The Balaban J connectivity index is 1.70. The summed E-state index contributed by atoms with van der Waals surface area (Å²) in [6.45, 7) is 3.68. The van der Waals surface area contributed by atoms with Gasteiger partial charge >= 0.3 is 0 Å². The Hall–Kier alpha value is -2.47. The van der Waals surface area contributed by atoms with E-state index in [4.69, 9.17) is 4.74 Å².